The molecule has 0 saturated carbocycles. The molecule has 5 heteroatoms. The third-order valence-electron chi connectivity index (χ3n) is 2.93. The van der Waals surface area contributed by atoms with Gasteiger partial charge in [0.1, 0.15) is 6.04 Å². The van der Waals surface area contributed by atoms with Gasteiger partial charge in [0.25, 0.3) is 0 Å². The number of aliphatic carboxylic acids is 1. The van der Waals surface area contributed by atoms with Crippen molar-refractivity contribution in [1.29, 1.82) is 0 Å². The van der Waals surface area contributed by atoms with Crippen molar-refractivity contribution in [1.82, 2.24) is 4.90 Å². The third kappa shape index (κ3) is 4.62. The molecule has 0 fully saturated rings. The minimum absolute atomic E-state index is 0.00432. The summed E-state index contributed by atoms with van der Waals surface area (Å²) >= 11 is 0. The van der Waals surface area contributed by atoms with E-state index in [1.165, 1.54) is 6.92 Å². The highest BCUT2D eigenvalue weighted by Crippen LogP contribution is 2.14. The van der Waals surface area contributed by atoms with Crippen molar-refractivity contribution in [3.63, 3.8) is 0 Å². The highest BCUT2D eigenvalue weighted by atomic mass is 16.4. The van der Waals surface area contributed by atoms with Gasteiger partial charge in [0.2, 0.25) is 5.91 Å². The number of nitrogens with one attached hydrogen (secondary N) is 1. The van der Waals surface area contributed by atoms with Gasteiger partial charge >= 0.3 is 5.97 Å². The van der Waals surface area contributed by atoms with Crippen LogP contribution in [-0.2, 0) is 16.1 Å². The van der Waals surface area contributed by atoms with E-state index in [0.717, 1.165) is 11.3 Å². The van der Waals surface area contributed by atoms with E-state index >= 15 is 0 Å². The van der Waals surface area contributed by atoms with Crippen molar-refractivity contribution in [2.45, 2.75) is 32.9 Å². The average molecular weight is 264 g/mol. The van der Waals surface area contributed by atoms with Crippen molar-refractivity contribution in [3.05, 3.63) is 29.8 Å². The van der Waals surface area contributed by atoms with Gasteiger partial charge in [-0.25, -0.2) is 4.79 Å². The molecule has 1 aromatic carbocycles. The summed E-state index contributed by atoms with van der Waals surface area (Å²) in [6.45, 7) is 3.84. The van der Waals surface area contributed by atoms with Crippen LogP contribution in [-0.4, -0.2) is 35.0 Å². The number of rotatable bonds is 6. The van der Waals surface area contributed by atoms with Crippen LogP contribution in [0, 0.1) is 0 Å². The van der Waals surface area contributed by atoms with Gasteiger partial charge in [0.15, 0.2) is 0 Å². The minimum Gasteiger partial charge on any atom is -0.480 e. The standard InChI is InChI=1S/C14H20N2O3/c1-4-13(14(18)19)15-12-7-5-6-11(8-12)9-16(3)10(2)17/h5-8,13,15H,4,9H2,1-3H3,(H,18,19). The summed E-state index contributed by atoms with van der Waals surface area (Å²) < 4.78 is 0. The number of carbonyl (C=O) groups excluding carboxylic acids is 1. The second-order valence-electron chi connectivity index (χ2n) is 4.52. The topological polar surface area (TPSA) is 69.6 Å². The lowest BCUT2D eigenvalue weighted by molar-refractivity contribution is -0.138. The summed E-state index contributed by atoms with van der Waals surface area (Å²) in [5.74, 6) is -0.871. The summed E-state index contributed by atoms with van der Waals surface area (Å²) in [5.41, 5.74) is 1.71. The number of hydrogen-bond donors (Lipinski definition) is 2. The molecule has 0 saturated heterocycles. The van der Waals surface area contributed by atoms with E-state index in [1.54, 1.807) is 11.9 Å². The SMILES string of the molecule is CCC(Nc1cccc(CN(C)C(C)=O)c1)C(=O)O. The maximum absolute atomic E-state index is 11.2. The van der Waals surface area contributed by atoms with E-state index in [2.05, 4.69) is 5.32 Å². The van der Waals surface area contributed by atoms with Crippen LogP contribution < -0.4 is 5.32 Å². The molecule has 1 atom stereocenters. The predicted octanol–water partition coefficient (Wildman–Crippen LogP) is 1.94. The van der Waals surface area contributed by atoms with Crippen LogP contribution in [0.15, 0.2) is 24.3 Å². The van der Waals surface area contributed by atoms with Crippen molar-refractivity contribution in [2.75, 3.05) is 12.4 Å². The first-order chi connectivity index (χ1) is 8.93. The molecule has 1 unspecified atom stereocenters. The van der Waals surface area contributed by atoms with Crippen molar-refractivity contribution >= 4 is 17.6 Å². The largest absolute Gasteiger partial charge is 0.480 e. The normalized spacial score (nSPS) is 11.7. The van der Waals surface area contributed by atoms with Gasteiger partial charge < -0.3 is 15.3 Å². The Morgan fingerprint density at radius 3 is 2.63 bits per heavy atom. The Morgan fingerprint density at radius 2 is 2.11 bits per heavy atom. The monoisotopic (exact) mass is 264 g/mol. The van der Waals surface area contributed by atoms with E-state index < -0.39 is 12.0 Å². The summed E-state index contributed by atoms with van der Waals surface area (Å²) in [5, 5.41) is 12.0. The van der Waals surface area contributed by atoms with E-state index in [1.807, 2.05) is 31.2 Å². The van der Waals surface area contributed by atoms with Gasteiger partial charge in [-0.15, -0.1) is 0 Å². The molecular weight excluding hydrogens is 244 g/mol. The summed E-state index contributed by atoms with van der Waals surface area (Å²) in [7, 11) is 1.73. The molecule has 0 bridgehead atoms. The molecule has 0 radical (unpaired) electrons. The molecule has 2 N–H and O–H groups in total. The fourth-order valence-electron chi connectivity index (χ4n) is 1.68. The summed E-state index contributed by atoms with van der Waals surface area (Å²) in [6, 6.07) is 6.85. The van der Waals surface area contributed by atoms with Crippen LogP contribution in [0.25, 0.3) is 0 Å². The predicted molar refractivity (Wildman–Crippen MR) is 73.9 cm³/mol. The van der Waals surface area contributed by atoms with E-state index in [9.17, 15) is 9.59 Å². The number of carboxylic acids is 1. The molecular formula is C14H20N2O3. The Hall–Kier alpha value is -2.04. The quantitative estimate of drug-likeness (QED) is 0.823. The van der Waals surface area contributed by atoms with E-state index in [0.29, 0.717) is 13.0 Å². The zero-order valence-electron chi connectivity index (χ0n) is 11.5. The molecule has 5 nitrogen and oxygen atoms in total. The first-order valence-electron chi connectivity index (χ1n) is 6.24. The lowest BCUT2D eigenvalue weighted by Gasteiger charge is -2.17. The number of anilines is 1. The van der Waals surface area contributed by atoms with Gasteiger partial charge in [0.05, 0.1) is 0 Å². The lowest BCUT2D eigenvalue weighted by Crippen LogP contribution is -2.28. The Morgan fingerprint density at radius 1 is 1.42 bits per heavy atom. The average Bonchev–Trinajstić information content (AvgIpc) is 2.35. The first kappa shape index (κ1) is 15.0. The summed E-state index contributed by atoms with van der Waals surface area (Å²) in [4.78, 5) is 23.8. The van der Waals surface area contributed by atoms with Crippen LogP contribution >= 0.6 is 0 Å². The van der Waals surface area contributed by atoms with Gasteiger partial charge in [0, 0.05) is 26.2 Å². The number of nitrogens with zero attached hydrogens (tertiary/aromatic N) is 1. The van der Waals surface area contributed by atoms with Crippen LogP contribution in [0.5, 0.6) is 0 Å². The van der Waals surface area contributed by atoms with Crippen molar-refractivity contribution in [2.24, 2.45) is 0 Å². The second kappa shape index (κ2) is 6.78. The van der Waals surface area contributed by atoms with Crippen LogP contribution in [0.4, 0.5) is 5.69 Å². The van der Waals surface area contributed by atoms with Crippen LogP contribution in [0.3, 0.4) is 0 Å². The van der Waals surface area contributed by atoms with Crippen LogP contribution in [0.2, 0.25) is 0 Å². The third-order valence-corrected chi connectivity index (χ3v) is 2.93. The minimum atomic E-state index is -0.867. The smallest absolute Gasteiger partial charge is 0.326 e. The van der Waals surface area contributed by atoms with Gasteiger partial charge in [-0.1, -0.05) is 19.1 Å². The molecule has 19 heavy (non-hydrogen) atoms. The van der Waals surface area contributed by atoms with Crippen LogP contribution in [0.1, 0.15) is 25.8 Å². The van der Waals surface area contributed by atoms with Gasteiger partial charge in [-0.2, -0.15) is 0 Å². The molecule has 1 aromatic rings. The number of hydrogen-bond acceptors (Lipinski definition) is 3. The molecule has 104 valence electrons. The molecule has 0 aromatic heterocycles. The number of benzene rings is 1. The Bertz CT molecular complexity index is 460. The zero-order chi connectivity index (χ0) is 14.4. The molecule has 0 aliphatic heterocycles. The van der Waals surface area contributed by atoms with Gasteiger partial charge in [-0.3, -0.25) is 4.79 Å². The van der Waals surface area contributed by atoms with E-state index in [4.69, 9.17) is 5.11 Å². The Balaban J connectivity index is 2.76. The molecule has 0 spiro atoms. The Kier molecular flexibility index (Phi) is 5.36. The first-order valence-corrected chi connectivity index (χ1v) is 6.24. The number of carbonyl (C=O) groups is 2. The van der Waals surface area contributed by atoms with Gasteiger partial charge in [-0.05, 0) is 24.1 Å². The fraction of sp³-hybridized carbons (Fsp3) is 0.429. The maximum atomic E-state index is 11.2. The highest BCUT2D eigenvalue weighted by molar-refractivity contribution is 5.77. The summed E-state index contributed by atoms with van der Waals surface area (Å²) in [6.07, 6.45) is 0.507. The van der Waals surface area contributed by atoms with E-state index in [-0.39, 0.29) is 5.91 Å². The molecule has 0 aliphatic rings. The van der Waals surface area contributed by atoms with Crippen molar-refractivity contribution < 1.29 is 14.7 Å². The molecule has 1 rings (SSSR count). The fourth-order valence-corrected chi connectivity index (χ4v) is 1.68. The maximum Gasteiger partial charge on any atom is 0.326 e. The lowest BCUT2D eigenvalue weighted by atomic mass is 10.1. The Labute approximate surface area is 113 Å². The molecule has 0 heterocycles. The number of amides is 1. The zero-order valence-corrected chi connectivity index (χ0v) is 11.5. The molecule has 1 amide bonds. The highest BCUT2D eigenvalue weighted by Gasteiger charge is 2.14. The number of carboxylic acid groups (broad SMARTS) is 1. The van der Waals surface area contributed by atoms with Crippen molar-refractivity contribution in [3.8, 4) is 0 Å². The second-order valence-corrected chi connectivity index (χ2v) is 4.52. The molecule has 0 aliphatic carbocycles.